The van der Waals surface area contributed by atoms with Gasteiger partial charge in [0, 0.05) is 23.6 Å². The van der Waals surface area contributed by atoms with Crippen molar-refractivity contribution in [3.8, 4) is 0 Å². The van der Waals surface area contributed by atoms with Crippen molar-refractivity contribution >= 4 is 11.7 Å². The van der Waals surface area contributed by atoms with Crippen LogP contribution in [0.4, 0.5) is 14.6 Å². The summed E-state index contributed by atoms with van der Waals surface area (Å²) in [4.78, 5) is 11.6. The van der Waals surface area contributed by atoms with Crippen LogP contribution in [0.2, 0.25) is 0 Å². The smallest absolute Gasteiger partial charge is 0.226 e. The predicted octanol–water partition coefficient (Wildman–Crippen LogP) is 2.47. The quantitative estimate of drug-likeness (QED) is 0.830. The molecular formula is C13H11F2N3O. The van der Waals surface area contributed by atoms with E-state index in [9.17, 15) is 13.6 Å². The molecule has 1 aliphatic heterocycles. The molecule has 0 aliphatic carbocycles. The Morgan fingerprint density at radius 3 is 2.95 bits per heavy atom. The van der Waals surface area contributed by atoms with Crippen LogP contribution in [-0.2, 0) is 4.79 Å². The van der Waals surface area contributed by atoms with E-state index in [1.807, 2.05) is 0 Å². The summed E-state index contributed by atoms with van der Waals surface area (Å²) in [6.45, 7) is 1.79. The van der Waals surface area contributed by atoms with E-state index in [1.54, 1.807) is 6.92 Å². The second-order valence-electron chi connectivity index (χ2n) is 4.56. The molecule has 2 N–H and O–H groups in total. The monoisotopic (exact) mass is 263 g/mol. The maximum Gasteiger partial charge on any atom is 0.226 e. The molecule has 0 spiro atoms. The molecule has 1 atom stereocenters. The van der Waals surface area contributed by atoms with Crippen molar-refractivity contribution < 1.29 is 13.6 Å². The molecule has 0 fully saturated rings. The number of hydrogen-bond acceptors (Lipinski definition) is 2. The molecule has 3 rings (SSSR count). The van der Waals surface area contributed by atoms with Crippen LogP contribution in [0.5, 0.6) is 0 Å². The summed E-state index contributed by atoms with van der Waals surface area (Å²) < 4.78 is 27.2. The highest BCUT2D eigenvalue weighted by Crippen LogP contribution is 2.38. The fraction of sp³-hybridized carbons (Fsp3) is 0.231. The average molecular weight is 263 g/mol. The van der Waals surface area contributed by atoms with Gasteiger partial charge in [0.25, 0.3) is 0 Å². The summed E-state index contributed by atoms with van der Waals surface area (Å²) >= 11 is 0. The lowest BCUT2D eigenvalue weighted by Gasteiger charge is -2.23. The molecule has 1 aromatic heterocycles. The average Bonchev–Trinajstić information content (AvgIpc) is 2.73. The first-order chi connectivity index (χ1) is 9.08. The van der Waals surface area contributed by atoms with Crippen LogP contribution in [0.25, 0.3) is 0 Å². The molecule has 4 nitrogen and oxygen atoms in total. The van der Waals surface area contributed by atoms with Crippen LogP contribution < -0.4 is 5.32 Å². The number of rotatable bonds is 1. The standard InChI is InChI=1S/C13H11F2N3O/c1-6-11-8(5-10(19)16-13(11)18-17-6)7-3-2-4-9(14)12(7)15/h2-4,8H,5H2,1H3,(H2,16,17,18,19)/t8-/m1/s1. The molecule has 98 valence electrons. The molecule has 19 heavy (non-hydrogen) atoms. The molecule has 0 unspecified atom stereocenters. The van der Waals surface area contributed by atoms with Crippen LogP contribution >= 0.6 is 0 Å². The number of fused-ring (bicyclic) bond motifs is 1. The Hall–Kier alpha value is -2.24. The van der Waals surface area contributed by atoms with Crippen LogP contribution in [0.3, 0.4) is 0 Å². The van der Waals surface area contributed by atoms with Gasteiger partial charge < -0.3 is 5.32 Å². The van der Waals surface area contributed by atoms with E-state index in [0.29, 0.717) is 11.4 Å². The van der Waals surface area contributed by atoms with Crippen molar-refractivity contribution in [2.75, 3.05) is 5.32 Å². The molecule has 1 aliphatic rings. The Balaban J connectivity index is 2.17. The van der Waals surface area contributed by atoms with Crippen molar-refractivity contribution in [2.24, 2.45) is 0 Å². The SMILES string of the molecule is Cc1[nH]nc2c1[C@@H](c1cccc(F)c1F)CC(=O)N2. The molecular weight excluding hydrogens is 252 g/mol. The number of nitrogens with zero attached hydrogens (tertiary/aromatic N) is 1. The van der Waals surface area contributed by atoms with Gasteiger partial charge in [0.1, 0.15) is 0 Å². The zero-order chi connectivity index (χ0) is 13.6. The number of aryl methyl sites for hydroxylation is 1. The van der Waals surface area contributed by atoms with Crippen LogP contribution in [0.1, 0.15) is 29.2 Å². The molecule has 1 aromatic carbocycles. The van der Waals surface area contributed by atoms with Crippen molar-refractivity contribution in [3.63, 3.8) is 0 Å². The maximum absolute atomic E-state index is 13.9. The molecule has 2 aromatic rings. The lowest BCUT2D eigenvalue weighted by Crippen LogP contribution is -2.24. The number of aromatic amines is 1. The Bertz CT molecular complexity index is 666. The van der Waals surface area contributed by atoms with Gasteiger partial charge in [-0.1, -0.05) is 12.1 Å². The van der Waals surface area contributed by atoms with E-state index in [2.05, 4.69) is 15.5 Å². The zero-order valence-electron chi connectivity index (χ0n) is 10.1. The second-order valence-corrected chi connectivity index (χ2v) is 4.56. The van der Waals surface area contributed by atoms with Crippen molar-refractivity contribution in [3.05, 3.63) is 46.7 Å². The van der Waals surface area contributed by atoms with Gasteiger partial charge in [0.05, 0.1) is 0 Å². The normalized spacial score (nSPS) is 18.1. The van der Waals surface area contributed by atoms with Crippen molar-refractivity contribution in [1.29, 1.82) is 0 Å². The van der Waals surface area contributed by atoms with E-state index in [-0.39, 0.29) is 17.9 Å². The number of carbonyl (C=O) groups excluding carboxylic acids is 1. The first-order valence-electron chi connectivity index (χ1n) is 5.86. The zero-order valence-corrected chi connectivity index (χ0v) is 10.1. The highest BCUT2D eigenvalue weighted by atomic mass is 19.2. The lowest BCUT2D eigenvalue weighted by atomic mass is 9.85. The minimum Gasteiger partial charge on any atom is -0.309 e. The summed E-state index contributed by atoms with van der Waals surface area (Å²) in [5.74, 6) is -2.20. The van der Waals surface area contributed by atoms with Crippen molar-refractivity contribution in [1.82, 2.24) is 10.2 Å². The second kappa shape index (κ2) is 4.15. The molecule has 0 saturated carbocycles. The number of amides is 1. The number of carbonyl (C=O) groups is 1. The molecule has 0 bridgehead atoms. The Morgan fingerprint density at radius 2 is 2.16 bits per heavy atom. The first kappa shape index (κ1) is 11.8. The summed E-state index contributed by atoms with van der Waals surface area (Å²) in [5.41, 5.74) is 1.63. The molecule has 6 heteroatoms. The summed E-state index contributed by atoms with van der Waals surface area (Å²) in [6, 6.07) is 4.00. The number of hydrogen-bond donors (Lipinski definition) is 2. The third-order valence-electron chi connectivity index (χ3n) is 3.35. The Morgan fingerprint density at radius 1 is 1.37 bits per heavy atom. The van der Waals surface area contributed by atoms with Gasteiger partial charge in [0.15, 0.2) is 17.5 Å². The van der Waals surface area contributed by atoms with Crippen molar-refractivity contribution in [2.45, 2.75) is 19.3 Å². The maximum atomic E-state index is 13.9. The van der Waals surface area contributed by atoms with Gasteiger partial charge >= 0.3 is 0 Å². The lowest BCUT2D eigenvalue weighted by molar-refractivity contribution is -0.116. The minimum absolute atomic E-state index is 0.0771. The summed E-state index contributed by atoms with van der Waals surface area (Å²) in [5, 5.41) is 9.33. The van der Waals surface area contributed by atoms with E-state index in [1.165, 1.54) is 12.1 Å². The van der Waals surface area contributed by atoms with E-state index in [0.717, 1.165) is 11.8 Å². The van der Waals surface area contributed by atoms with Gasteiger partial charge in [-0.05, 0) is 18.6 Å². The van der Waals surface area contributed by atoms with E-state index >= 15 is 0 Å². The number of aromatic nitrogens is 2. The Kier molecular flexibility index (Phi) is 2.58. The van der Waals surface area contributed by atoms with Gasteiger partial charge in [-0.3, -0.25) is 9.89 Å². The van der Waals surface area contributed by atoms with E-state index in [4.69, 9.17) is 0 Å². The largest absolute Gasteiger partial charge is 0.309 e. The van der Waals surface area contributed by atoms with Gasteiger partial charge in [0.2, 0.25) is 5.91 Å². The molecule has 0 saturated heterocycles. The number of halogens is 2. The van der Waals surface area contributed by atoms with Gasteiger partial charge in [-0.15, -0.1) is 0 Å². The molecule has 2 heterocycles. The highest BCUT2D eigenvalue weighted by Gasteiger charge is 2.32. The summed E-state index contributed by atoms with van der Waals surface area (Å²) in [7, 11) is 0. The van der Waals surface area contributed by atoms with Gasteiger partial charge in [-0.25, -0.2) is 8.78 Å². The fourth-order valence-corrected chi connectivity index (χ4v) is 2.49. The third kappa shape index (κ3) is 1.80. The van der Waals surface area contributed by atoms with Gasteiger partial charge in [-0.2, -0.15) is 5.10 Å². The van der Waals surface area contributed by atoms with Crippen LogP contribution in [-0.4, -0.2) is 16.1 Å². The number of H-pyrrole nitrogens is 1. The molecule has 1 amide bonds. The summed E-state index contributed by atoms with van der Waals surface area (Å²) in [6.07, 6.45) is 0.0771. The predicted molar refractivity (Wildman–Crippen MR) is 64.8 cm³/mol. The van der Waals surface area contributed by atoms with E-state index < -0.39 is 17.6 Å². The number of nitrogens with one attached hydrogen (secondary N) is 2. The number of anilines is 1. The highest BCUT2D eigenvalue weighted by molar-refractivity contribution is 5.94. The fourth-order valence-electron chi connectivity index (χ4n) is 2.49. The molecule has 0 radical (unpaired) electrons. The van der Waals surface area contributed by atoms with Crippen LogP contribution in [0.15, 0.2) is 18.2 Å². The van der Waals surface area contributed by atoms with Crippen LogP contribution in [0, 0.1) is 18.6 Å². The third-order valence-corrected chi connectivity index (χ3v) is 3.35. The topological polar surface area (TPSA) is 57.8 Å². The first-order valence-corrected chi connectivity index (χ1v) is 5.86. The number of benzene rings is 1. The Labute approximate surface area is 107 Å². The minimum atomic E-state index is -0.911.